The summed E-state index contributed by atoms with van der Waals surface area (Å²) in [7, 11) is -3.83. The number of hydrogen-bond donors (Lipinski definition) is 2. The van der Waals surface area contributed by atoms with Crippen molar-refractivity contribution < 1.29 is 13.2 Å². The van der Waals surface area contributed by atoms with E-state index in [2.05, 4.69) is 10.0 Å². The molecule has 0 fully saturated rings. The molecule has 0 saturated carbocycles. The number of amides is 1. The Kier molecular flexibility index (Phi) is 5.89. The Bertz CT molecular complexity index is 841. The molecule has 2 rings (SSSR count). The van der Waals surface area contributed by atoms with Gasteiger partial charge in [0.05, 0.1) is 21.5 Å². The summed E-state index contributed by atoms with van der Waals surface area (Å²) in [4.78, 5) is 11.8. The van der Waals surface area contributed by atoms with Crippen LogP contribution in [0.25, 0.3) is 0 Å². The third-order valence-corrected chi connectivity index (χ3v) is 5.11. The van der Waals surface area contributed by atoms with Gasteiger partial charge in [-0.1, -0.05) is 40.9 Å². The molecule has 0 unspecified atom stereocenters. The number of sulfonamides is 1. The number of hydrogen-bond acceptors (Lipinski definition) is 3. The monoisotopic (exact) mass is 392 g/mol. The van der Waals surface area contributed by atoms with Crippen LogP contribution in [0.1, 0.15) is 0 Å². The Morgan fingerprint density at radius 1 is 1.00 bits per heavy atom. The van der Waals surface area contributed by atoms with Gasteiger partial charge in [-0.25, -0.2) is 13.1 Å². The topological polar surface area (TPSA) is 75.3 Å². The third kappa shape index (κ3) is 5.09. The standard InChI is InChI=1S/C14H11Cl3N2O3S/c15-9-2-1-3-11(6-9)23(21,22)18-8-14(20)19-10-4-5-12(16)13(17)7-10/h1-7,18H,8H2,(H,19,20). The molecular weight excluding hydrogens is 383 g/mol. The Balaban J connectivity index is 1.99. The van der Waals surface area contributed by atoms with Gasteiger partial charge < -0.3 is 5.32 Å². The zero-order chi connectivity index (χ0) is 17.0. The van der Waals surface area contributed by atoms with E-state index in [-0.39, 0.29) is 14.9 Å². The van der Waals surface area contributed by atoms with Crippen molar-refractivity contribution in [2.24, 2.45) is 0 Å². The van der Waals surface area contributed by atoms with Crippen molar-refractivity contribution in [2.75, 3.05) is 11.9 Å². The lowest BCUT2D eigenvalue weighted by atomic mass is 10.3. The number of nitrogens with one attached hydrogen (secondary N) is 2. The molecule has 0 heterocycles. The maximum Gasteiger partial charge on any atom is 0.241 e. The summed E-state index contributed by atoms with van der Waals surface area (Å²) in [5, 5.41) is 3.43. The lowest BCUT2D eigenvalue weighted by Gasteiger charge is -2.08. The van der Waals surface area contributed by atoms with Crippen LogP contribution >= 0.6 is 34.8 Å². The Morgan fingerprint density at radius 2 is 1.74 bits per heavy atom. The molecule has 5 nitrogen and oxygen atoms in total. The molecule has 2 aromatic rings. The molecule has 0 saturated heterocycles. The van der Waals surface area contributed by atoms with Crippen LogP contribution in [0.4, 0.5) is 5.69 Å². The third-order valence-electron chi connectivity index (χ3n) is 2.73. The maximum absolute atomic E-state index is 12.1. The van der Waals surface area contributed by atoms with Crippen LogP contribution in [-0.4, -0.2) is 20.9 Å². The maximum atomic E-state index is 12.1. The van der Waals surface area contributed by atoms with Crippen molar-refractivity contribution in [1.82, 2.24) is 4.72 Å². The molecule has 23 heavy (non-hydrogen) atoms. The lowest BCUT2D eigenvalue weighted by Crippen LogP contribution is -2.32. The number of benzene rings is 2. The molecule has 0 aliphatic heterocycles. The fourth-order valence-electron chi connectivity index (χ4n) is 1.66. The molecule has 0 atom stereocenters. The van der Waals surface area contributed by atoms with E-state index in [0.29, 0.717) is 10.7 Å². The highest BCUT2D eigenvalue weighted by Gasteiger charge is 2.16. The molecule has 0 aliphatic rings. The normalized spacial score (nSPS) is 11.3. The SMILES string of the molecule is O=C(CNS(=O)(=O)c1cccc(Cl)c1)Nc1ccc(Cl)c(Cl)c1. The predicted molar refractivity (Wildman–Crippen MR) is 91.7 cm³/mol. The highest BCUT2D eigenvalue weighted by molar-refractivity contribution is 7.89. The van der Waals surface area contributed by atoms with E-state index in [0.717, 1.165) is 0 Å². The van der Waals surface area contributed by atoms with Gasteiger partial charge in [0.2, 0.25) is 15.9 Å². The summed E-state index contributed by atoms with van der Waals surface area (Å²) in [6.07, 6.45) is 0. The first-order valence-corrected chi connectivity index (χ1v) is 8.90. The molecule has 0 aliphatic carbocycles. The second-order valence-electron chi connectivity index (χ2n) is 4.46. The summed E-state index contributed by atoms with van der Waals surface area (Å²) in [6, 6.07) is 10.3. The Hall–Kier alpha value is -1.31. The van der Waals surface area contributed by atoms with Crippen molar-refractivity contribution in [3.8, 4) is 0 Å². The second kappa shape index (κ2) is 7.51. The first-order valence-electron chi connectivity index (χ1n) is 6.28. The van der Waals surface area contributed by atoms with Crippen LogP contribution in [-0.2, 0) is 14.8 Å². The quantitative estimate of drug-likeness (QED) is 0.815. The minimum absolute atomic E-state index is 0.0210. The summed E-state index contributed by atoms with van der Waals surface area (Å²) < 4.78 is 26.3. The van der Waals surface area contributed by atoms with Crippen LogP contribution in [0.5, 0.6) is 0 Å². The highest BCUT2D eigenvalue weighted by Crippen LogP contribution is 2.24. The van der Waals surface area contributed by atoms with Gasteiger partial charge in [-0.05, 0) is 36.4 Å². The van der Waals surface area contributed by atoms with Crippen LogP contribution in [0.2, 0.25) is 15.1 Å². The number of rotatable bonds is 5. The molecule has 0 spiro atoms. The number of anilines is 1. The number of carbonyl (C=O) groups is 1. The Labute approximate surface area is 148 Å². The van der Waals surface area contributed by atoms with Crippen molar-refractivity contribution in [3.05, 3.63) is 57.5 Å². The van der Waals surface area contributed by atoms with Crippen molar-refractivity contribution >= 4 is 56.4 Å². The van der Waals surface area contributed by atoms with Gasteiger partial charge in [-0.15, -0.1) is 0 Å². The average Bonchev–Trinajstić information content (AvgIpc) is 2.49. The van der Waals surface area contributed by atoms with Crippen molar-refractivity contribution in [1.29, 1.82) is 0 Å². The van der Waals surface area contributed by atoms with E-state index >= 15 is 0 Å². The fourth-order valence-corrected chi connectivity index (χ4v) is 3.24. The summed E-state index contributed by atoms with van der Waals surface area (Å²) >= 11 is 17.4. The van der Waals surface area contributed by atoms with E-state index in [1.807, 2.05) is 0 Å². The number of carbonyl (C=O) groups excluding carboxylic acids is 1. The molecule has 122 valence electrons. The van der Waals surface area contributed by atoms with Crippen LogP contribution < -0.4 is 10.0 Å². The van der Waals surface area contributed by atoms with E-state index in [1.165, 1.54) is 30.3 Å². The van der Waals surface area contributed by atoms with Gasteiger partial charge in [0.15, 0.2) is 0 Å². The lowest BCUT2D eigenvalue weighted by molar-refractivity contribution is -0.115. The van der Waals surface area contributed by atoms with Gasteiger partial charge in [0.25, 0.3) is 0 Å². The molecule has 0 aromatic heterocycles. The zero-order valence-corrected chi connectivity index (χ0v) is 14.6. The van der Waals surface area contributed by atoms with E-state index in [4.69, 9.17) is 34.8 Å². The molecule has 0 bridgehead atoms. The Morgan fingerprint density at radius 3 is 2.39 bits per heavy atom. The van der Waals surface area contributed by atoms with Crippen LogP contribution in [0.3, 0.4) is 0 Å². The fraction of sp³-hybridized carbons (Fsp3) is 0.0714. The summed E-state index contributed by atoms with van der Waals surface area (Å²) in [5.41, 5.74) is 0.409. The highest BCUT2D eigenvalue weighted by atomic mass is 35.5. The van der Waals surface area contributed by atoms with Gasteiger partial charge in [0.1, 0.15) is 0 Å². The molecule has 0 radical (unpaired) electrons. The first kappa shape index (κ1) is 18.0. The van der Waals surface area contributed by atoms with E-state index in [9.17, 15) is 13.2 Å². The van der Waals surface area contributed by atoms with Crippen molar-refractivity contribution in [2.45, 2.75) is 4.90 Å². The van der Waals surface area contributed by atoms with Gasteiger partial charge in [-0.2, -0.15) is 0 Å². The molecular formula is C14H11Cl3N2O3S. The predicted octanol–water partition coefficient (Wildman–Crippen LogP) is 3.56. The van der Waals surface area contributed by atoms with Gasteiger partial charge in [-0.3, -0.25) is 4.79 Å². The van der Waals surface area contributed by atoms with Gasteiger partial charge in [0, 0.05) is 10.7 Å². The van der Waals surface area contributed by atoms with E-state index < -0.39 is 22.5 Å². The molecule has 2 aromatic carbocycles. The minimum Gasteiger partial charge on any atom is -0.325 e. The molecule has 1 amide bonds. The number of halogens is 3. The second-order valence-corrected chi connectivity index (χ2v) is 7.48. The minimum atomic E-state index is -3.83. The smallest absolute Gasteiger partial charge is 0.241 e. The zero-order valence-electron chi connectivity index (χ0n) is 11.5. The summed E-state index contributed by atoms with van der Waals surface area (Å²) in [6.45, 7) is -0.435. The molecule has 2 N–H and O–H groups in total. The van der Waals surface area contributed by atoms with Crippen LogP contribution in [0, 0.1) is 0 Å². The van der Waals surface area contributed by atoms with E-state index in [1.54, 1.807) is 12.1 Å². The molecule has 9 heteroatoms. The summed E-state index contributed by atoms with van der Waals surface area (Å²) in [5.74, 6) is -0.547. The van der Waals surface area contributed by atoms with Gasteiger partial charge >= 0.3 is 0 Å². The van der Waals surface area contributed by atoms with Crippen LogP contribution in [0.15, 0.2) is 47.4 Å². The largest absolute Gasteiger partial charge is 0.325 e. The average molecular weight is 394 g/mol. The first-order chi connectivity index (χ1) is 10.8. The van der Waals surface area contributed by atoms with Crippen molar-refractivity contribution in [3.63, 3.8) is 0 Å².